The van der Waals surface area contributed by atoms with Gasteiger partial charge < -0.3 is 14.4 Å². The SMILES string of the molecule is O=C(Cc1ccccc1)N(CCc1ccccn1)Cc1ccc2c(c1)OCO2. The van der Waals surface area contributed by atoms with Crippen LogP contribution in [0.25, 0.3) is 0 Å². The van der Waals surface area contributed by atoms with E-state index in [1.165, 1.54) is 0 Å². The molecule has 5 nitrogen and oxygen atoms in total. The molecule has 3 aromatic rings. The molecule has 5 heteroatoms. The van der Waals surface area contributed by atoms with Crippen molar-refractivity contribution in [2.24, 2.45) is 0 Å². The smallest absolute Gasteiger partial charge is 0.231 e. The highest BCUT2D eigenvalue weighted by Gasteiger charge is 2.18. The predicted molar refractivity (Wildman–Crippen MR) is 106 cm³/mol. The van der Waals surface area contributed by atoms with Crippen LogP contribution >= 0.6 is 0 Å². The van der Waals surface area contributed by atoms with Crippen molar-refractivity contribution in [3.8, 4) is 11.5 Å². The lowest BCUT2D eigenvalue weighted by molar-refractivity contribution is -0.131. The number of carbonyl (C=O) groups is 1. The number of aromatic nitrogens is 1. The van der Waals surface area contributed by atoms with Crippen molar-refractivity contribution in [3.63, 3.8) is 0 Å². The Morgan fingerprint density at radius 3 is 2.57 bits per heavy atom. The molecule has 1 aliphatic heterocycles. The van der Waals surface area contributed by atoms with Gasteiger partial charge in [-0.15, -0.1) is 0 Å². The maximum atomic E-state index is 13.0. The molecular formula is C23H22N2O3. The average Bonchev–Trinajstić information content (AvgIpc) is 3.20. The molecule has 2 heterocycles. The molecule has 0 saturated heterocycles. The number of hydrogen-bond donors (Lipinski definition) is 0. The third kappa shape index (κ3) is 4.49. The number of amides is 1. The second-order valence-electron chi connectivity index (χ2n) is 6.74. The zero-order valence-corrected chi connectivity index (χ0v) is 15.6. The van der Waals surface area contributed by atoms with Crippen LogP contribution in [-0.2, 0) is 24.2 Å². The summed E-state index contributed by atoms with van der Waals surface area (Å²) in [5.41, 5.74) is 3.01. The number of nitrogens with zero attached hydrogens (tertiary/aromatic N) is 2. The van der Waals surface area contributed by atoms with E-state index in [1.54, 1.807) is 6.20 Å². The quantitative estimate of drug-likeness (QED) is 0.634. The van der Waals surface area contributed by atoms with Gasteiger partial charge in [0.2, 0.25) is 12.7 Å². The van der Waals surface area contributed by atoms with Crippen LogP contribution in [0.15, 0.2) is 72.9 Å². The molecular weight excluding hydrogens is 352 g/mol. The number of hydrogen-bond acceptors (Lipinski definition) is 4. The Labute approximate surface area is 164 Å². The number of carbonyl (C=O) groups excluding carboxylic acids is 1. The van der Waals surface area contributed by atoms with Crippen molar-refractivity contribution in [1.29, 1.82) is 0 Å². The van der Waals surface area contributed by atoms with Gasteiger partial charge in [0.25, 0.3) is 0 Å². The standard InChI is InChI=1S/C23H22N2O3/c26-23(15-18-6-2-1-3-7-18)25(13-11-20-8-4-5-12-24-20)16-19-9-10-21-22(14-19)28-17-27-21/h1-10,12,14H,11,13,15-17H2. The van der Waals surface area contributed by atoms with Gasteiger partial charge in [0.05, 0.1) is 6.42 Å². The van der Waals surface area contributed by atoms with Gasteiger partial charge in [-0.3, -0.25) is 9.78 Å². The van der Waals surface area contributed by atoms with Crippen molar-refractivity contribution in [1.82, 2.24) is 9.88 Å². The lowest BCUT2D eigenvalue weighted by Gasteiger charge is -2.23. The minimum absolute atomic E-state index is 0.0970. The topological polar surface area (TPSA) is 51.7 Å². The van der Waals surface area contributed by atoms with Crippen molar-refractivity contribution in [2.45, 2.75) is 19.4 Å². The van der Waals surface area contributed by atoms with E-state index in [2.05, 4.69) is 4.98 Å². The van der Waals surface area contributed by atoms with Gasteiger partial charge in [0.15, 0.2) is 11.5 Å². The molecule has 0 radical (unpaired) electrons. The molecule has 1 aromatic heterocycles. The van der Waals surface area contributed by atoms with Crippen LogP contribution in [0.5, 0.6) is 11.5 Å². The summed E-state index contributed by atoms with van der Waals surface area (Å²) in [6, 6.07) is 21.5. The maximum absolute atomic E-state index is 13.0. The van der Waals surface area contributed by atoms with Crippen LogP contribution in [0.3, 0.4) is 0 Å². The van der Waals surface area contributed by atoms with E-state index in [-0.39, 0.29) is 12.7 Å². The molecule has 4 rings (SSSR count). The van der Waals surface area contributed by atoms with E-state index < -0.39 is 0 Å². The van der Waals surface area contributed by atoms with Crippen molar-refractivity contribution < 1.29 is 14.3 Å². The highest BCUT2D eigenvalue weighted by atomic mass is 16.7. The summed E-state index contributed by atoms with van der Waals surface area (Å²) >= 11 is 0. The van der Waals surface area contributed by atoms with Crippen molar-refractivity contribution in [3.05, 3.63) is 89.7 Å². The monoisotopic (exact) mass is 374 g/mol. The van der Waals surface area contributed by atoms with Crippen molar-refractivity contribution in [2.75, 3.05) is 13.3 Å². The van der Waals surface area contributed by atoms with Gasteiger partial charge >= 0.3 is 0 Å². The van der Waals surface area contributed by atoms with Crippen LogP contribution in [-0.4, -0.2) is 29.1 Å². The van der Waals surface area contributed by atoms with Gasteiger partial charge in [0, 0.05) is 31.4 Å². The maximum Gasteiger partial charge on any atom is 0.231 e. The molecule has 0 spiro atoms. The minimum atomic E-state index is 0.0970. The van der Waals surface area contributed by atoms with E-state index in [1.807, 2.05) is 71.6 Å². The van der Waals surface area contributed by atoms with E-state index >= 15 is 0 Å². The van der Waals surface area contributed by atoms with Gasteiger partial charge in [-0.25, -0.2) is 0 Å². The molecule has 0 fully saturated rings. The normalized spacial score (nSPS) is 12.0. The molecule has 2 aromatic carbocycles. The predicted octanol–water partition coefficient (Wildman–Crippen LogP) is 3.62. The Morgan fingerprint density at radius 1 is 0.929 bits per heavy atom. The van der Waals surface area contributed by atoms with E-state index in [0.29, 0.717) is 25.9 Å². The highest BCUT2D eigenvalue weighted by molar-refractivity contribution is 5.78. The first-order valence-corrected chi connectivity index (χ1v) is 9.38. The van der Waals surface area contributed by atoms with Crippen LogP contribution in [0.2, 0.25) is 0 Å². The zero-order valence-electron chi connectivity index (χ0n) is 15.6. The first-order chi connectivity index (χ1) is 13.8. The molecule has 0 saturated carbocycles. The van der Waals surface area contributed by atoms with Crippen LogP contribution in [0.4, 0.5) is 0 Å². The van der Waals surface area contributed by atoms with Gasteiger partial charge in [0.1, 0.15) is 0 Å². The number of pyridine rings is 1. The average molecular weight is 374 g/mol. The molecule has 0 unspecified atom stereocenters. The lowest BCUT2D eigenvalue weighted by Crippen LogP contribution is -2.33. The summed E-state index contributed by atoms with van der Waals surface area (Å²) in [5.74, 6) is 1.58. The van der Waals surface area contributed by atoms with Crippen molar-refractivity contribution >= 4 is 5.91 Å². The van der Waals surface area contributed by atoms with E-state index in [4.69, 9.17) is 9.47 Å². The summed E-state index contributed by atoms with van der Waals surface area (Å²) in [6.45, 7) is 1.38. The van der Waals surface area contributed by atoms with Crippen LogP contribution in [0.1, 0.15) is 16.8 Å². The molecule has 1 aliphatic rings. The summed E-state index contributed by atoms with van der Waals surface area (Å²) in [5, 5.41) is 0. The molecule has 142 valence electrons. The van der Waals surface area contributed by atoms with Crippen LogP contribution < -0.4 is 9.47 Å². The lowest BCUT2D eigenvalue weighted by atomic mass is 10.1. The second kappa shape index (κ2) is 8.57. The molecule has 0 N–H and O–H groups in total. The Balaban J connectivity index is 1.49. The Bertz CT molecular complexity index is 929. The fourth-order valence-corrected chi connectivity index (χ4v) is 3.23. The first kappa shape index (κ1) is 18.0. The molecule has 0 atom stereocenters. The highest BCUT2D eigenvalue weighted by Crippen LogP contribution is 2.32. The second-order valence-corrected chi connectivity index (χ2v) is 6.74. The first-order valence-electron chi connectivity index (χ1n) is 9.38. The molecule has 1 amide bonds. The van der Waals surface area contributed by atoms with Gasteiger partial charge in [-0.1, -0.05) is 42.5 Å². The minimum Gasteiger partial charge on any atom is -0.454 e. The zero-order chi connectivity index (χ0) is 19.2. The van der Waals surface area contributed by atoms with Crippen LogP contribution in [0, 0.1) is 0 Å². The van der Waals surface area contributed by atoms with E-state index in [0.717, 1.165) is 28.3 Å². The fraction of sp³-hybridized carbons (Fsp3) is 0.217. The number of rotatable bonds is 7. The number of fused-ring (bicyclic) bond motifs is 1. The largest absolute Gasteiger partial charge is 0.454 e. The summed E-state index contributed by atoms with van der Waals surface area (Å²) in [6.07, 6.45) is 2.88. The number of benzene rings is 2. The fourth-order valence-electron chi connectivity index (χ4n) is 3.23. The summed E-state index contributed by atoms with van der Waals surface area (Å²) in [4.78, 5) is 19.3. The molecule has 28 heavy (non-hydrogen) atoms. The third-order valence-electron chi connectivity index (χ3n) is 4.73. The summed E-state index contributed by atoms with van der Waals surface area (Å²) < 4.78 is 10.8. The number of ether oxygens (including phenoxy) is 2. The molecule has 0 bridgehead atoms. The Hall–Kier alpha value is -3.34. The molecule has 0 aliphatic carbocycles. The van der Waals surface area contributed by atoms with Gasteiger partial charge in [-0.2, -0.15) is 0 Å². The van der Waals surface area contributed by atoms with Gasteiger partial charge in [-0.05, 0) is 35.4 Å². The Morgan fingerprint density at radius 2 is 1.75 bits per heavy atom. The summed E-state index contributed by atoms with van der Waals surface area (Å²) in [7, 11) is 0. The third-order valence-corrected chi connectivity index (χ3v) is 4.73. The Kier molecular flexibility index (Phi) is 5.52. The van der Waals surface area contributed by atoms with E-state index in [9.17, 15) is 4.79 Å².